The highest BCUT2D eigenvalue weighted by molar-refractivity contribution is 7.91. The van der Waals surface area contributed by atoms with E-state index in [0.29, 0.717) is 60.2 Å². The second-order valence-electron chi connectivity index (χ2n) is 14.9. The minimum absolute atomic E-state index is 0.0215. The van der Waals surface area contributed by atoms with Gasteiger partial charge in [-0.05, 0) is 69.7 Å². The molecule has 4 aromatic rings. The molecule has 8 rings (SSSR count). The summed E-state index contributed by atoms with van der Waals surface area (Å²) in [5, 5.41) is 5.73. The number of carbonyl (C=O) groups excluding carboxylic acids is 4. The van der Waals surface area contributed by atoms with Crippen LogP contribution in [0.15, 0.2) is 59.0 Å². The van der Waals surface area contributed by atoms with Gasteiger partial charge in [-0.2, -0.15) is 0 Å². The Labute approximate surface area is 322 Å². The largest absolute Gasteiger partial charge is 0.484 e. The number of carbonyl (C=O) groups is 4. The van der Waals surface area contributed by atoms with Crippen molar-refractivity contribution in [2.24, 2.45) is 5.92 Å². The molecule has 1 aromatic carbocycles. The predicted octanol–water partition coefficient (Wildman–Crippen LogP) is 5.09. The minimum Gasteiger partial charge on any atom is -0.484 e. The molecule has 55 heavy (non-hydrogen) atoms. The molecule has 290 valence electrons. The van der Waals surface area contributed by atoms with E-state index in [4.69, 9.17) is 18.9 Å². The zero-order valence-corrected chi connectivity index (χ0v) is 32.2. The summed E-state index contributed by atoms with van der Waals surface area (Å²) in [5.74, 6) is -1.95. The summed E-state index contributed by atoms with van der Waals surface area (Å²) in [5.41, 5.74) is 0.828. The van der Waals surface area contributed by atoms with Crippen LogP contribution in [-0.4, -0.2) is 84.7 Å². The van der Waals surface area contributed by atoms with Crippen LogP contribution in [0.1, 0.15) is 62.7 Å². The predicted molar refractivity (Wildman–Crippen MR) is 205 cm³/mol. The Morgan fingerprint density at radius 2 is 1.91 bits per heavy atom. The van der Waals surface area contributed by atoms with Gasteiger partial charge in [0.1, 0.15) is 34.8 Å². The number of para-hydroxylation sites is 1. The first-order chi connectivity index (χ1) is 26.5. The number of hydrogen-bond donors (Lipinski definition) is 3. The van der Waals surface area contributed by atoms with Crippen molar-refractivity contribution in [1.29, 1.82) is 0 Å². The lowest BCUT2D eigenvalue weighted by Gasteiger charge is -2.29. The zero-order valence-electron chi connectivity index (χ0n) is 30.5. The van der Waals surface area contributed by atoms with E-state index in [1.54, 1.807) is 17.4 Å². The van der Waals surface area contributed by atoms with Crippen LogP contribution in [-0.2, 0) is 29.1 Å². The SMILES string of the molecule is COC(=O)N[C@H]1CCCCC/C=C\[C@@H]2C[C@@]2(C(=O)NS(=O)(=O)C2CC2)NC(=O)[C@@H]2C[C@@H](Oc3cc(-c4ccc(C)s4)nc4c3oc3ccccc34)CN2C1=O. The van der Waals surface area contributed by atoms with Crippen molar-refractivity contribution in [2.45, 2.75) is 93.7 Å². The summed E-state index contributed by atoms with van der Waals surface area (Å²) in [7, 11) is -2.68. The number of fused-ring (bicyclic) bond motifs is 5. The molecule has 4 amide bonds. The number of sulfonamides is 1. The van der Waals surface area contributed by atoms with Crippen LogP contribution < -0.4 is 20.1 Å². The van der Waals surface area contributed by atoms with Crippen LogP contribution in [0.2, 0.25) is 0 Å². The normalized spacial score (nSPS) is 26.6. The van der Waals surface area contributed by atoms with Gasteiger partial charge in [-0.15, -0.1) is 11.3 Å². The van der Waals surface area contributed by atoms with Gasteiger partial charge >= 0.3 is 6.09 Å². The number of pyridine rings is 1. The van der Waals surface area contributed by atoms with Gasteiger partial charge in [-0.3, -0.25) is 19.1 Å². The summed E-state index contributed by atoms with van der Waals surface area (Å²) in [6.07, 6.45) is 6.70. The lowest BCUT2D eigenvalue weighted by atomic mass is 10.1. The molecule has 14 nitrogen and oxygen atoms in total. The third kappa shape index (κ3) is 7.41. The average molecular weight is 790 g/mol. The molecule has 0 unspecified atom stereocenters. The van der Waals surface area contributed by atoms with Gasteiger partial charge in [0.05, 0.1) is 29.5 Å². The van der Waals surface area contributed by atoms with Gasteiger partial charge in [0.15, 0.2) is 11.3 Å². The number of aromatic nitrogens is 1. The average Bonchev–Trinajstić information content (AvgIpc) is 4.00. The van der Waals surface area contributed by atoms with E-state index in [-0.39, 0.29) is 19.4 Å². The van der Waals surface area contributed by atoms with Crippen LogP contribution in [0.4, 0.5) is 4.79 Å². The molecule has 2 saturated carbocycles. The number of ether oxygens (including phenoxy) is 2. The van der Waals surface area contributed by atoms with Gasteiger partial charge in [0, 0.05) is 28.7 Å². The molecule has 3 N–H and O–H groups in total. The van der Waals surface area contributed by atoms with Crippen LogP contribution in [0, 0.1) is 12.8 Å². The number of alkyl carbamates (subject to hydrolysis) is 1. The quantitative estimate of drug-likeness (QED) is 0.213. The fraction of sp³-hybridized carbons (Fsp3) is 0.462. The number of rotatable bonds is 7. The maximum Gasteiger partial charge on any atom is 0.407 e. The Hall–Kier alpha value is -4.96. The molecule has 2 aliphatic heterocycles. The lowest BCUT2D eigenvalue weighted by Crippen LogP contribution is -2.58. The molecule has 3 aromatic heterocycles. The van der Waals surface area contributed by atoms with E-state index < -0.39 is 68.7 Å². The Morgan fingerprint density at radius 1 is 1.09 bits per heavy atom. The molecule has 0 bridgehead atoms. The lowest BCUT2D eigenvalue weighted by molar-refractivity contribution is -0.141. The fourth-order valence-corrected chi connectivity index (χ4v) is 9.86. The number of hydrogen-bond acceptors (Lipinski definition) is 11. The topological polar surface area (TPSA) is 186 Å². The Balaban J connectivity index is 1.14. The highest BCUT2D eigenvalue weighted by Crippen LogP contribution is 2.46. The first-order valence-corrected chi connectivity index (χ1v) is 21.1. The van der Waals surface area contributed by atoms with E-state index in [1.807, 2.05) is 55.5 Å². The van der Waals surface area contributed by atoms with Gasteiger partial charge in [-0.1, -0.05) is 37.1 Å². The third-order valence-electron chi connectivity index (χ3n) is 10.9. The summed E-state index contributed by atoms with van der Waals surface area (Å²) >= 11 is 1.59. The molecular weight excluding hydrogens is 747 g/mol. The summed E-state index contributed by atoms with van der Waals surface area (Å²) < 4.78 is 45.8. The summed E-state index contributed by atoms with van der Waals surface area (Å²) in [6.45, 7) is 1.99. The zero-order chi connectivity index (χ0) is 38.5. The molecule has 16 heteroatoms. The van der Waals surface area contributed by atoms with Gasteiger partial charge in [0.25, 0.3) is 5.91 Å². The van der Waals surface area contributed by atoms with E-state index in [0.717, 1.165) is 28.0 Å². The van der Waals surface area contributed by atoms with Crippen LogP contribution in [0.5, 0.6) is 5.75 Å². The smallest absolute Gasteiger partial charge is 0.407 e. The van der Waals surface area contributed by atoms with Crippen molar-refractivity contribution in [2.75, 3.05) is 13.7 Å². The first kappa shape index (κ1) is 37.0. The van der Waals surface area contributed by atoms with Crippen LogP contribution >= 0.6 is 11.3 Å². The van der Waals surface area contributed by atoms with E-state index in [2.05, 4.69) is 15.4 Å². The summed E-state index contributed by atoms with van der Waals surface area (Å²) in [4.78, 5) is 63.5. The number of methoxy groups -OCH3 is 1. The molecule has 4 aliphatic rings. The molecule has 1 saturated heterocycles. The van der Waals surface area contributed by atoms with Crippen molar-refractivity contribution < 1.29 is 41.5 Å². The maximum absolute atomic E-state index is 14.4. The van der Waals surface area contributed by atoms with E-state index in [9.17, 15) is 27.6 Å². The highest BCUT2D eigenvalue weighted by Gasteiger charge is 2.62. The minimum atomic E-state index is -3.90. The molecule has 0 radical (unpaired) electrons. The van der Waals surface area contributed by atoms with Gasteiger partial charge < -0.3 is 29.4 Å². The molecular formula is C39H43N5O9S2. The molecule has 0 spiro atoms. The standard InChI is InChI=1S/C39H43N5O9S2/c1-22-14-17-32(54-22)28-19-31(34-33(40-28)26-11-8-9-13-30(26)53-34)52-24-18-29-35(45)42-39(37(47)43-55(49,50)25-15-16-25)20-23(39)10-6-4-3-5-7-12-27(41-38(48)51-2)36(46)44(29)21-24/h6,8-11,13-14,17,19,23-25,27,29H,3-5,7,12,15-16,18,20-21H2,1-2H3,(H,41,48)(H,42,45)(H,43,47)/b10-6-/t23-,24-,27+,29+,39-/m1/s1. The maximum atomic E-state index is 14.4. The van der Waals surface area contributed by atoms with E-state index >= 15 is 0 Å². The van der Waals surface area contributed by atoms with E-state index in [1.165, 1.54) is 12.0 Å². The number of amides is 4. The summed E-state index contributed by atoms with van der Waals surface area (Å²) in [6, 6.07) is 11.2. The molecule has 5 atom stereocenters. The van der Waals surface area contributed by atoms with Crippen molar-refractivity contribution >= 4 is 67.2 Å². The van der Waals surface area contributed by atoms with Crippen LogP contribution in [0.3, 0.4) is 0 Å². The van der Waals surface area contributed by atoms with Crippen LogP contribution in [0.25, 0.3) is 32.6 Å². The highest BCUT2D eigenvalue weighted by atomic mass is 32.2. The Bertz CT molecular complexity index is 2320. The first-order valence-electron chi connectivity index (χ1n) is 18.7. The number of thiophene rings is 1. The van der Waals surface area contributed by atoms with Crippen molar-refractivity contribution in [3.8, 4) is 16.3 Å². The van der Waals surface area contributed by atoms with Crippen molar-refractivity contribution in [1.82, 2.24) is 25.2 Å². The molecule has 2 aliphatic carbocycles. The third-order valence-corrected chi connectivity index (χ3v) is 13.7. The number of aryl methyl sites for hydroxylation is 1. The number of furan rings is 1. The Kier molecular flexibility index (Phi) is 9.82. The van der Waals surface area contributed by atoms with Gasteiger partial charge in [-0.25, -0.2) is 18.2 Å². The van der Waals surface area contributed by atoms with Gasteiger partial charge in [0.2, 0.25) is 21.8 Å². The molecule has 5 heterocycles. The van der Waals surface area contributed by atoms with Crippen molar-refractivity contribution in [3.05, 3.63) is 59.5 Å². The second-order valence-corrected chi connectivity index (χ2v) is 18.1. The second kappa shape index (κ2) is 14.6. The number of nitrogens with one attached hydrogen (secondary N) is 3. The number of allylic oxidation sites excluding steroid dienone is 1. The monoisotopic (exact) mass is 789 g/mol. The molecule has 3 fully saturated rings. The number of nitrogens with zero attached hydrogens (tertiary/aromatic N) is 2. The Morgan fingerprint density at radius 3 is 2.67 bits per heavy atom. The number of benzene rings is 1. The fourth-order valence-electron chi connectivity index (χ4n) is 7.67. The van der Waals surface area contributed by atoms with Crippen molar-refractivity contribution in [3.63, 3.8) is 0 Å².